The molecule has 6 rings (SSSR count). The highest BCUT2D eigenvalue weighted by Gasteiger charge is 2.31. The lowest BCUT2D eigenvalue weighted by Gasteiger charge is -2.32. The van der Waals surface area contributed by atoms with Crippen LogP contribution in [0.1, 0.15) is 59.8 Å². The Labute approximate surface area is 210 Å². The predicted molar refractivity (Wildman–Crippen MR) is 140 cm³/mol. The molecular formula is C28H29N7O. The average molecular weight is 480 g/mol. The van der Waals surface area contributed by atoms with E-state index in [0.717, 1.165) is 28.1 Å². The third kappa shape index (κ3) is 4.13. The van der Waals surface area contributed by atoms with Crippen LogP contribution in [-0.4, -0.2) is 32.0 Å². The summed E-state index contributed by atoms with van der Waals surface area (Å²) in [5.74, 6) is 1.87. The van der Waals surface area contributed by atoms with Crippen molar-refractivity contribution in [3.63, 3.8) is 0 Å². The molecule has 1 amide bonds. The second-order valence-corrected chi connectivity index (χ2v) is 10.3. The molecule has 8 nitrogen and oxygen atoms in total. The lowest BCUT2D eigenvalue weighted by atomic mass is 9.79. The van der Waals surface area contributed by atoms with Crippen molar-refractivity contribution >= 4 is 17.4 Å². The number of fused-ring (bicyclic) bond motifs is 1. The minimum absolute atomic E-state index is 0.0363. The van der Waals surface area contributed by atoms with Gasteiger partial charge in [-0.15, -0.1) is 0 Å². The van der Waals surface area contributed by atoms with Gasteiger partial charge in [0.05, 0.1) is 12.0 Å². The Morgan fingerprint density at radius 3 is 2.69 bits per heavy atom. The summed E-state index contributed by atoms with van der Waals surface area (Å²) in [5.41, 5.74) is 12.4. The van der Waals surface area contributed by atoms with E-state index in [9.17, 15) is 4.79 Å². The van der Waals surface area contributed by atoms with Gasteiger partial charge in [-0.25, -0.2) is 15.0 Å². The lowest BCUT2D eigenvalue weighted by Crippen LogP contribution is -2.43. The van der Waals surface area contributed by atoms with Gasteiger partial charge in [-0.3, -0.25) is 4.79 Å². The molecule has 2 aliphatic rings. The Hall–Kier alpha value is -4.04. The number of amides is 1. The van der Waals surface area contributed by atoms with Crippen LogP contribution >= 0.6 is 0 Å². The number of hydrogen-bond acceptors (Lipinski definition) is 6. The fourth-order valence-electron chi connectivity index (χ4n) is 4.66. The number of benzene rings is 2. The van der Waals surface area contributed by atoms with E-state index >= 15 is 0 Å². The van der Waals surface area contributed by atoms with Gasteiger partial charge in [-0.1, -0.05) is 13.8 Å². The second kappa shape index (κ2) is 8.57. The normalized spacial score (nSPS) is 16.4. The highest BCUT2D eigenvalue weighted by atomic mass is 16.1. The molecule has 1 aliphatic carbocycles. The zero-order chi connectivity index (χ0) is 24.9. The van der Waals surface area contributed by atoms with Gasteiger partial charge >= 0.3 is 0 Å². The van der Waals surface area contributed by atoms with Crippen molar-refractivity contribution in [2.24, 2.45) is 5.73 Å². The van der Waals surface area contributed by atoms with Gasteiger partial charge in [0.25, 0.3) is 5.91 Å². The maximum absolute atomic E-state index is 12.3. The zero-order valence-corrected chi connectivity index (χ0v) is 20.5. The molecule has 0 spiro atoms. The van der Waals surface area contributed by atoms with E-state index in [2.05, 4.69) is 57.3 Å². The number of hydrogen-bond donors (Lipinski definition) is 3. The fourth-order valence-corrected chi connectivity index (χ4v) is 4.66. The summed E-state index contributed by atoms with van der Waals surface area (Å²) in [6.45, 7) is 5.17. The van der Waals surface area contributed by atoms with Gasteiger partial charge in [0.15, 0.2) is 5.82 Å². The van der Waals surface area contributed by atoms with Crippen molar-refractivity contribution in [1.82, 2.24) is 24.8 Å². The first-order valence-electron chi connectivity index (χ1n) is 12.3. The standard InChI is InChI=1S/C28H29N7O/c1-28(2)15-31-27(36)22-10-7-20(11-23(22)28)33-26-19(12-29)13-30-25(34-26)18-5-8-21(9-6-18)35-14-24(32-16-35)17-3-4-17/h5-11,13-14,16-17H,3-4,12,15,29H2,1-2H3,(H,31,36)(H,30,33,34). The van der Waals surface area contributed by atoms with E-state index in [4.69, 9.17) is 10.7 Å². The molecule has 4 aromatic rings. The number of nitrogens with one attached hydrogen (secondary N) is 2. The molecule has 0 atom stereocenters. The third-order valence-corrected chi connectivity index (χ3v) is 7.05. The highest BCUT2D eigenvalue weighted by molar-refractivity contribution is 5.98. The number of nitrogens with zero attached hydrogens (tertiary/aromatic N) is 4. The fraction of sp³-hybridized carbons (Fsp3) is 0.286. The molecular weight excluding hydrogens is 450 g/mol. The summed E-state index contributed by atoms with van der Waals surface area (Å²) < 4.78 is 2.06. The van der Waals surface area contributed by atoms with Crippen molar-refractivity contribution in [3.8, 4) is 17.1 Å². The van der Waals surface area contributed by atoms with E-state index in [1.54, 1.807) is 6.20 Å². The maximum Gasteiger partial charge on any atom is 0.251 e. The summed E-state index contributed by atoms with van der Waals surface area (Å²) >= 11 is 0. The molecule has 0 unspecified atom stereocenters. The van der Waals surface area contributed by atoms with Crippen LogP contribution in [0.3, 0.4) is 0 Å². The SMILES string of the molecule is CC1(C)CNC(=O)c2ccc(Nc3nc(-c4ccc(-n5cnc(C6CC6)c5)cc4)ncc3CN)cc21. The summed E-state index contributed by atoms with van der Waals surface area (Å²) in [4.78, 5) is 26.2. The van der Waals surface area contributed by atoms with E-state index in [-0.39, 0.29) is 11.3 Å². The molecule has 2 aromatic heterocycles. The van der Waals surface area contributed by atoms with E-state index in [1.807, 2.05) is 36.7 Å². The molecule has 8 heteroatoms. The van der Waals surface area contributed by atoms with Gasteiger partial charge in [0.2, 0.25) is 0 Å². The third-order valence-electron chi connectivity index (χ3n) is 7.05. The highest BCUT2D eigenvalue weighted by Crippen LogP contribution is 2.39. The molecule has 1 aliphatic heterocycles. The number of aromatic nitrogens is 4. The molecule has 4 N–H and O–H groups in total. The predicted octanol–water partition coefficient (Wildman–Crippen LogP) is 4.43. The van der Waals surface area contributed by atoms with Crippen molar-refractivity contribution in [2.45, 2.75) is 44.6 Å². The van der Waals surface area contributed by atoms with Crippen LogP contribution in [0, 0.1) is 0 Å². The summed E-state index contributed by atoms with van der Waals surface area (Å²) in [6.07, 6.45) is 8.24. The summed E-state index contributed by atoms with van der Waals surface area (Å²) in [5, 5.41) is 6.38. The van der Waals surface area contributed by atoms with Crippen molar-refractivity contribution in [1.29, 1.82) is 0 Å². The average Bonchev–Trinajstić information content (AvgIpc) is 3.63. The van der Waals surface area contributed by atoms with Crippen LogP contribution in [0.2, 0.25) is 0 Å². The zero-order valence-electron chi connectivity index (χ0n) is 20.5. The van der Waals surface area contributed by atoms with Crippen LogP contribution < -0.4 is 16.4 Å². The smallest absolute Gasteiger partial charge is 0.251 e. The van der Waals surface area contributed by atoms with Gasteiger partial charge in [-0.05, 0) is 60.9 Å². The first kappa shape index (κ1) is 22.4. The summed E-state index contributed by atoms with van der Waals surface area (Å²) in [7, 11) is 0. The van der Waals surface area contributed by atoms with Crippen LogP contribution in [0.15, 0.2) is 61.2 Å². The van der Waals surface area contributed by atoms with Crippen LogP contribution in [0.25, 0.3) is 17.1 Å². The number of nitrogens with two attached hydrogens (primary N) is 1. The van der Waals surface area contributed by atoms with Gasteiger partial charge in [-0.2, -0.15) is 0 Å². The van der Waals surface area contributed by atoms with Crippen LogP contribution in [-0.2, 0) is 12.0 Å². The molecule has 0 bridgehead atoms. The minimum atomic E-state index is -0.162. The molecule has 1 fully saturated rings. The molecule has 1 saturated carbocycles. The van der Waals surface area contributed by atoms with Gasteiger partial charge in [0, 0.05) is 64.9 Å². The van der Waals surface area contributed by atoms with Crippen molar-refractivity contribution in [2.75, 3.05) is 11.9 Å². The van der Waals surface area contributed by atoms with E-state index in [0.29, 0.717) is 36.2 Å². The number of carbonyl (C=O) groups is 1. The van der Waals surface area contributed by atoms with Gasteiger partial charge in [0.1, 0.15) is 5.82 Å². The van der Waals surface area contributed by atoms with Crippen LogP contribution in [0.5, 0.6) is 0 Å². The number of rotatable bonds is 6. The Morgan fingerprint density at radius 1 is 1.14 bits per heavy atom. The first-order valence-corrected chi connectivity index (χ1v) is 12.3. The largest absolute Gasteiger partial charge is 0.351 e. The number of anilines is 2. The minimum Gasteiger partial charge on any atom is -0.351 e. The number of imidazole rings is 1. The summed E-state index contributed by atoms with van der Waals surface area (Å²) in [6, 6.07) is 13.9. The van der Waals surface area contributed by atoms with Crippen molar-refractivity contribution < 1.29 is 4.79 Å². The van der Waals surface area contributed by atoms with E-state index < -0.39 is 0 Å². The van der Waals surface area contributed by atoms with Crippen molar-refractivity contribution in [3.05, 3.63) is 83.6 Å². The Balaban J connectivity index is 1.28. The Kier molecular flexibility index (Phi) is 5.34. The number of carbonyl (C=O) groups excluding carboxylic acids is 1. The molecule has 3 heterocycles. The molecule has 2 aromatic carbocycles. The quantitative estimate of drug-likeness (QED) is 0.377. The maximum atomic E-state index is 12.3. The Morgan fingerprint density at radius 2 is 1.94 bits per heavy atom. The molecule has 36 heavy (non-hydrogen) atoms. The van der Waals surface area contributed by atoms with Crippen LogP contribution in [0.4, 0.5) is 11.5 Å². The van der Waals surface area contributed by atoms with Gasteiger partial charge < -0.3 is 20.9 Å². The van der Waals surface area contributed by atoms with E-state index in [1.165, 1.54) is 18.5 Å². The monoisotopic (exact) mass is 479 g/mol. The first-order chi connectivity index (χ1) is 17.4. The molecule has 0 radical (unpaired) electrons. The molecule has 182 valence electrons. The second-order valence-electron chi connectivity index (χ2n) is 10.3. The Bertz CT molecular complexity index is 1450. The molecule has 0 saturated heterocycles. The topological polar surface area (TPSA) is 111 Å². The lowest BCUT2D eigenvalue weighted by molar-refractivity contribution is 0.0930.